The van der Waals surface area contributed by atoms with Gasteiger partial charge in [-0.1, -0.05) is 18.9 Å². The lowest BCUT2D eigenvalue weighted by Crippen LogP contribution is -2.24. The van der Waals surface area contributed by atoms with Gasteiger partial charge in [0.15, 0.2) is 0 Å². The SMILES string of the molecule is COC(=O)c1cccc(NC(=O)c2cc(N3CCCCCC3)ccn2)c1. The van der Waals surface area contributed by atoms with Crippen molar-refractivity contribution in [2.75, 3.05) is 30.4 Å². The number of ether oxygens (including phenoxy) is 1. The maximum atomic E-state index is 12.6. The van der Waals surface area contributed by atoms with E-state index in [0.717, 1.165) is 18.8 Å². The lowest BCUT2D eigenvalue weighted by molar-refractivity contribution is 0.0600. The van der Waals surface area contributed by atoms with Crippen LogP contribution < -0.4 is 10.2 Å². The standard InChI is InChI=1S/C20H23N3O3/c1-26-20(25)15-7-6-8-16(13-15)22-19(24)18-14-17(9-10-21-18)23-11-4-2-3-5-12-23/h6-10,13-14H,2-5,11-12H2,1H3,(H,22,24). The highest BCUT2D eigenvalue weighted by Crippen LogP contribution is 2.20. The first kappa shape index (κ1) is 17.9. The molecule has 1 aromatic carbocycles. The summed E-state index contributed by atoms with van der Waals surface area (Å²) in [6, 6.07) is 10.4. The number of anilines is 2. The Morgan fingerprint density at radius 3 is 2.58 bits per heavy atom. The molecule has 0 aliphatic carbocycles. The third kappa shape index (κ3) is 4.39. The number of carbonyl (C=O) groups excluding carboxylic acids is 2. The lowest BCUT2D eigenvalue weighted by atomic mass is 10.2. The Balaban J connectivity index is 1.74. The maximum Gasteiger partial charge on any atom is 0.337 e. The molecular formula is C20H23N3O3. The van der Waals surface area contributed by atoms with Crippen LogP contribution in [0.3, 0.4) is 0 Å². The van der Waals surface area contributed by atoms with Crippen LogP contribution in [0.15, 0.2) is 42.6 Å². The summed E-state index contributed by atoms with van der Waals surface area (Å²) in [6.45, 7) is 2.01. The second kappa shape index (κ2) is 8.47. The van der Waals surface area contributed by atoms with E-state index in [-0.39, 0.29) is 5.91 Å². The van der Waals surface area contributed by atoms with E-state index in [9.17, 15) is 9.59 Å². The summed E-state index contributed by atoms with van der Waals surface area (Å²) >= 11 is 0. The van der Waals surface area contributed by atoms with Crippen molar-refractivity contribution < 1.29 is 14.3 Å². The molecule has 0 spiro atoms. The number of pyridine rings is 1. The molecule has 6 heteroatoms. The monoisotopic (exact) mass is 353 g/mol. The molecule has 1 aromatic heterocycles. The van der Waals surface area contributed by atoms with Crippen LogP contribution in [0.25, 0.3) is 0 Å². The molecule has 2 heterocycles. The number of carbonyl (C=O) groups is 2. The zero-order valence-electron chi connectivity index (χ0n) is 14.9. The van der Waals surface area contributed by atoms with Gasteiger partial charge in [0.25, 0.3) is 5.91 Å². The third-order valence-electron chi connectivity index (χ3n) is 4.49. The Hall–Kier alpha value is -2.89. The number of esters is 1. The number of aromatic nitrogens is 1. The highest BCUT2D eigenvalue weighted by molar-refractivity contribution is 6.04. The predicted octanol–water partition coefficient (Wildman–Crippen LogP) is 3.50. The van der Waals surface area contributed by atoms with Gasteiger partial charge in [0.2, 0.25) is 0 Å². The summed E-state index contributed by atoms with van der Waals surface area (Å²) in [7, 11) is 1.33. The van der Waals surface area contributed by atoms with Gasteiger partial charge in [0.1, 0.15) is 5.69 Å². The van der Waals surface area contributed by atoms with Crippen LogP contribution in [0, 0.1) is 0 Å². The molecule has 6 nitrogen and oxygen atoms in total. The summed E-state index contributed by atoms with van der Waals surface area (Å²) in [5.41, 5.74) is 2.29. The first-order valence-corrected chi connectivity index (χ1v) is 8.88. The fourth-order valence-corrected chi connectivity index (χ4v) is 3.11. The molecule has 1 amide bonds. The van der Waals surface area contributed by atoms with Crippen molar-refractivity contribution in [1.82, 2.24) is 4.98 Å². The van der Waals surface area contributed by atoms with E-state index < -0.39 is 5.97 Å². The van der Waals surface area contributed by atoms with E-state index in [1.165, 1.54) is 32.8 Å². The maximum absolute atomic E-state index is 12.6. The minimum Gasteiger partial charge on any atom is -0.465 e. The van der Waals surface area contributed by atoms with Gasteiger partial charge in [-0.05, 0) is 43.2 Å². The largest absolute Gasteiger partial charge is 0.465 e. The van der Waals surface area contributed by atoms with Gasteiger partial charge in [-0.25, -0.2) is 4.79 Å². The highest BCUT2D eigenvalue weighted by atomic mass is 16.5. The number of benzene rings is 1. The summed E-state index contributed by atoms with van der Waals surface area (Å²) < 4.78 is 4.70. The van der Waals surface area contributed by atoms with Crippen molar-refractivity contribution in [2.45, 2.75) is 25.7 Å². The van der Waals surface area contributed by atoms with Crippen LogP contribution in [0.5, 0.6) is 0 Å². The van der Waals surface area contributed by atoms with Gasteiger partial charge in [0, 0.05) is 30.7 Å². The Bertz CT molecular complexity index is 783. The number of nitrogens with one attached hydrogen (secondary N) is 1. The van der Waals surface area contributed by atoms with Crippen LogP contribution in [0.4, 0.5) is 11.4 Å². The summed E-state index contributed by atoms with van der Waals surface area (Å²) in [4.78, 5) is 30.7. The van der Waals surface area contributed by atoms with E-state index in [4.69, 9.17) is 4.74 Å². The fraction of sp³-hybridized carbons (Fsp3) is 0.350. The quantitative estimate of drug-likeness (QED) is 0.852. The second-order valence-corrected chi connectivity index (χ2v) is 6.33. The number of nitrogens with zero attached hydrogens (tertiary/aromatic N) is 2. The number of rotatable bonds is 4. The van der Waals surface area contributed by atoms with Crippen molar-refractivity contribution in [1.29, 1.82) is 0 Å². The van der Waals surface area contributed by atoms with Crippen LogP contribution in [0.1, 0.15) is 46.5 Å². The topological polar surface area (TPSA) is 71.5 Å². The van der Waals surface area contributed by atoms with Crippen molar-refractivity contribution in [2.24, 2.45) is 0 Å². The van der Waals surface area contributed by atoms with Crippen LogP contribution in [-0.2, 0) is 4.74 Å². The number of amides is 1. The predicted molar refractivity (Wildman–Crippen MR) is 101 cm³/mol. The van der Waals surface area contributed by atoms with Gasteiger partial charge >= 0.3 is 5.97 Å². The Labute approximate surface area is 153 Å². The molecule has 136 valence electrons. The molecule has 2 aromatic rings. The molecule has 0 bridgehead atoms. The summed E-state index contributed by atoms with van der Waals surface area (Å²) in [6.07, 6.45) is 6.52. The molecule has 1 N–H and O–H groups in total. The third-order valence-corrected chi connectivity index (χ3v) is 4.49. The zero-order chi connectivity index (χ0) is 18.4. The first-order chi connectivity index (χ1) is 12.7. The average Bonchev–Trinajstić information content (AvgIpc) is 2.97. The summed E-state index contributed by atoms with van der Waals surface area (Å²) in [5.74, 6) is -0.744. The van der Waals surface area contributed by atoms with E-state index >= 15 is 0 Å². The molecular weight excluding hydrogens is 330 g/mol. The van der Waals surface area contributed by atoms with Gasteiger partial charge in [-0.2, -0.15) is 0 Å². The molecule has 0 atom stereocenters. The highest BCUT2D eigenvalue weighted by Gasteiger charge is 2.14. The fourth-order valence-electron chi connectivity index (χ4n) is 3.11. The van der Waals surface area contributed by atoms with Crippen LogP contribution in [-0.4, -0.2) is 37.1 Å². The number of hydrogen-bond acceptors (Lipinski definition) is 5. The lowest BCUT2D eigenvalue weighted by Gasteiger charge is -2.22. The van der Waals surface area contributed by atoms with Crippen molar-refractivity contribution in [3.8, 4) is 0 Å². The van der Waals surface area contributed by atoms with E-state index in [1.807, 2.05) is 12.1 Å². The van der Waals surface area contributed by atoms with Gasteiger partial charge in [-0.15, -0.1) is 0 Å². The number of methoxy groups -OCH3 is 1. The first-order valence-electron chi connectivity index (χ1n) is 8.88. The van der Waals surface area contributed by atoms with Crippen LogP contribution in [0.2, 0.25) is 0 Å². The molecule has 1 saturated heterocycles. The Morgan fingerprint density at radius 2 is 1.85 bits per heavy atom. The van der Waals surface area contributed by atoms with Crippen molar-refractivity contribution in [3.05, 3.63) is 53.9 Å². The van der Waals surface area contributed by atoms with E-state index in [2.05, 4.69) is 15.2 Å². The average molecular weight is 353 g/mol. The molecule has 0 unspecified atom stereocenters. The van der Waals surface area contributed by atoms with E-state index in [1.54, 1.807) is 30.5 Å². The second-order valence-electron chi connectivity index (χ2n) is 6.33. The molecule has 1 fully saturated rings. The van der Waals surface area contributed by atoms with Crippen molar-refractivity contribution in [3.63, 3.8) is 0 Å². The molecule has 26 heavy (non-hydrogen) atoms. The normalized spacial score (nSPS) is 14.4. The molecule has 3 rings (SSSR count). The molecule has 0 saturated carbocycles. The van der Waals surface area contributed by atoms with E-state index in [0.29, 0.717) is 16.9 Å². The van der Waals surface area contributed by atoms with Crippen LogP contribution >= 0.6 is 0 Å². The molecule has 1 aliphatic rings. The minimum absolute atomic E-state index is 0.302. The Morgan fingerprint density at radius 1 is 1.08 bits per heavy atom. The van der Waals surface area contributed by atoms with Gasteiger partial charge in [0.05, 0.1) is 12.7 Å². The van der Waals surface area contributed by atoms with Gasteiger partial charge in [-0.3, -0.25) is 9.78 Å². The van der Waals surface area contributed by atoms with Gasteiger partial charge < -0.3 is 15.0 Å². The Kier molecular flexibility index (Phi) is 5.84. The summed E-state index contributed by atoms with van der Waals surface area (Å²) in [5, 5.41) is 2.79. The van der Waals surface area contributed by atoms with Crippen molar-refractivity contribution >= 4 is 23.3 Å². The minimum atomic E-state index is -0.442. The smallest absolute Gasteiger partial charge is 0.337 e. The molecule has 1 aliphatic heterocycles. The zero-order valence-corrected chi connectivity index (χ0v) is 14.9. The number of hydrogen-bond donors (Lipinski definition) is 1. The molecule has 0 radical (unpaired) electrons.